The molecule has 0 atom stereocenters. The van der Waals surface area contributed by atoms with E-state index in [1.807, 2.05) is 44.2 Å². The number of nitrogens with one attached hydrogen (secondary N) is 2. The van der Waals surface area contributed by atoms with Crippen LogP contribution in [-0.4, -0.2) is 31.2 Å². The normalized spacial score (nSPS) is 10.6. The summed E-state index contributed by atoms with van der Waals surface area (Å²) in [5, 5.41) is 6.85. The monoisotopic (exact) mass is 509 g/mol. The summed E-state index contributed by atoms with van der Waals surface area (Å²) in [5.41, 5.74) is 5.38. The van der Waals surface area contributed by atoms with Crippen molar-refractivity contribution in [1.29, 1.82) is 0 Å². The number of hydrogen-bond acceptors (Lipinski definition) is 5. The van der Waals surface area contributed by atoms with E-state index in [1.165, 1.54) is 6.21 Å². The number of carbonyl (C=O) groups is 2. The topological polar surface area (TPSA) is 89.0 Å². The second-order valence-electron chi connectivity index (χ2n) is 6.98. The number of halogens is 1. The fourth-order valence-electron chi connectivity index (χ4n) is 2.92. The van der Waals surface area contributed by atoms with Gasteiger partial charge in [-0.1, -0.05) is 36.4 Å². The number of hydrazone groups is 1. The summed E-state index contributed by atoms with van der Waals surface area (Å²) in [7, 11) is 0. The Bertz CT molecular complexity index is 1150. The third kappa shape index (κ3) is 6.92. The second-order valence-corrected chi connectivity index (χ2v) is 7.83. The molecule has 0 saturated heterocycles. The third-order valence-corrected chi connectivity index (χ3v) is 5.10. The maximum atomic E-state index is 12.4. The fourth-order valence-corrected chi connectivity index (χ4v) is 3.50. The van der Waals surface area contributed by atoms with Gasteiger partial charge in [0.05, 0.1) is 17.3 Å². The molecule has 0 bridgehead atoms. The van der Waals surface area contributed by atoms with Gasteiger partial charge in [-0.3, -0.25) is 9.59 Å². The Hall–Kier alpha value is -3.65. The summed E-state index contributed by atoms with van der Waals surface area (Å²) in [6.07, 6.45) is 1.50. The Kier molecular flexibility index (Phi) is 8.60. The molecule has 0 aromatic heterocycles. The predicted molar refractivity (Wildman–Crippen MR) is 132 cm³/mol. The summed E-state index contributed by atoms with van der Waals surface area (Å²) in [5.74, 6) is 0.261. The van der Waals surface area contributed by atoms with Crippen LogP contribution in [0.25, 0.3) is 0 Å². The Labute approximate surface area is 200 Å². The summed E-state index contributed by atoms with van der Waals surface area (Å²) in [6, 6.07) is 19.8. The van der Waals surface area contributed by atoms with E-state index in [9.17, 15) is 9.59 Å². The van der Waals surface area contributed by atoms with Crippen LogP contribution in [0.5, 0.6) is 11.5 Å². The molecular weight excluding hydrogens is 486 g/mol. The zero-order valence-corrected chi connectivity index (χ0v) is 19.9. The zero-order chi connectivity index (χ0) is 23.6. The van der Waals surface area contributed by atoms with Gasteiger partial charge in [0, 0.05) is 11.3 Å². The molecule has 3 rings (SSSR count). The van der Waals surface area contributed by atoms with Crippen molar-refractivity contribution in [3.63, 3.8) is 0 Å². The van der Waals surface area contributed by atoms with Crippen LogP contribution in [0.3, 0.4) is 0 Å². The van der Waals surface area contributed by atoms with Crippen molar-refractivity contribution in [2.45, 2.75) is 13.8 Å². The molecule has 3 aromatic carbocycles. The molecule has 0 fully saturated rings. The summed E-state index contributed by atoms with van der Waals surface area (Å²) in [6.45, 7) is 3.99. The van der Waals surface area contributed by atoms with E-state index in [-0.39, 0.29) is 18.4 Å². The minimum Gasteiger partial charge on any atom is -0.490 e. The summed E-state index contributed by atoms with van der Waals surface area (Å²) < 4.78 is 12.0. The van der Waals surface area contributed by atoms with Gasteiger partial charge in [0.15, 0.2) is 18.1 Å². The largest absolute Gasteiger partial charge is 0.490 e. The first-order chi connectivity index (χ1) is 16.0. The lowest BCUT2D eigenvalue weighted by Crippen LogP contribution is -2.21. The van der Waals surface area contributed by atoms with E-state index in [0.29, 0.717) is 33.7 Å². The molecule has 3 aromatic rings. The first-order valence-electron chi connectivity index (χ1n) is 10.3. The highest BCUT2D eigenvalue weighted by Gasteiger charge is 2.14. The molecule has 0 heterocycles. The van der Waals surface area contributed by atoms with Crippen molar-refractivity contribution >= 4 is 39.6 Å². The van der Waals surface area contributed by atoms with Gasteiger partial charge in [-0.25, -0.2) is 5.43 Å². The molecule has 0 aliphatic carbocycles. The number of hydrogen-bond donors (Lipinski definition) is 2. The van der Waals surface area contributed by atoms with Gasteiger partial charge in [0.2, 0.25) is 0 Å². The molecule has 2 N–H and O–H groups in total. The average molecular weight is 510 g/mol. The van der Waals surface area contributed by atoms with Crippen molar-refractivity contribution in [2.75, 3.05) is 18.5 Å². The molecule has 0 saturated carbocycles. The van der Waals surface area contributed by atoms with Crippen molar-refractivity contribution in [3.8, 4) is 11.5 Å². The molecule has 0 unspecified atom stereocenters. The Morgan fingerprint density at radius 2 is 1.76 bits per heavy atom. The molecule has 170 valence electrons. The molecule has 0 aliphatic rings. The van der Waals surface area contributed by atoms with Gasteiger partial charge in [0.1, 0.15) is 0 Å². The number of nitrogens with zero attached hydrogens (tertiary/aromatic N) is 1. The molecule has 0 aliphatic heterocycles. The number of amides is 2. The number of anilines is 1. The molecule has 33 heavy (non-hydrogen) atoms. The highest BCUT2D eigenvalue weighted by molar-refractivity contribution is 9.10. The lowest BCUT2D eigenvalue weighted by Gasteiger charge is -2.15. The number of ether oxygens (including phenoxy) is 2. The van der Waals surface area contributed by atoms with Gasteiger partial charge < -0.3 is 14.8 Å². The highest BCUT2D eigenvalue weighted by atomic mass is 79.9. The van der Waals surface area contributed by atoms with Crippen LogP contribution < -0.4 is 20.2 Å². The Morgan fingerprint density at radius 1 is 1.03 bits per heavy atom. The molecule has 8 heteroatoms. The van der Waals surface area contributed by atoms with Crippen LogP contribution >= 0.6 is 15.9 Å². The second kappa shape index (κ2) is 11.8. The van der Waals surface area contributed by atoms with Crippen LogP contribution in [0.1, 0.15) is 28.4 Å². The SMILES string of the molecule is CCOc1cc(/C=N/NC(=O)c2ccccc2)cc(Br)c1OCC(=O)Nc1ccccc1C. The lowest BCUT2D eigenvalue weighted by molar-refractivity contribution is -0.118. The maximum absolute atomic E-state index is 12.4. The van der Waals surface area contributed by atoms with E-state index in [1.54, 1.807) is 36.4 Å². The molecule has 0 spiro atoms. The minimum absolute atomic E-state index is 0.187. The number of benzene rings is 3. The summed E-state index contributed by atoms with van der Waals surface area (Å²) >= 11 is 3.47. The van der Waals surface area contributed by atoms with Gasteiger partial charge in [-0.15, -0.1) is 0 Å². The minimum atomic E-state index is -0.310. The Morgan fingerprint density at radius 3 is 2.48 bits per heavy atom. The first-order valence-corrected chi connectivity index (χ1v) is 11.1. The van der Waals surface area contributed by atoms with Crippen LogP contribution in [0.2, 0.25) is 0 Å². The average Bonchev–Trinajstić information content (AvgIpc) is 2.81. The summed E-state index contributed by atoms with van der Waals surface area (Å²) in [4.78, 5) is 24.5. The molecule has 7 nitrogen and oxygen atoms in total. The van der Waals surface area contributed by atoms with Gasteiger partial charge in [0.25, 0.3) is 11.8 Å². The first kappa shape index (κ1) is 24.0. The van der Waals surface area contributed by atoms with Crippen LogP contribution in [0.15, 0.2) is 76.3 Å². The van der Waals surface area contributed by atoms with Crippen molar-refractivity contribution in [1.82, 2.24) is 5.43 Å². The molecule has 0 radical (unpaired) electrons. The van der Waals surface area contributed by atoms with Crippen LogP contribution in [0.4, 0.5) is 5.69 Å². The highest BCUT2D eigenvalue weighted by Crippen LogP contribution is 2.36. The van der Waals surface area contributed by atoms with Crippen LogP contribution in [0, 0.1) is 6.92 Å². The van der Waals surface area contributed by atoms with Gasteiger partial charge in [-0.2, -0.15) is 5.10 Å². The van der Waals surface area contributed by atoms with Gasteiger partial charge in [-0.05, 0) is 71.2 Å². The number of para-hydroxylation sites is 1. The van der Waals surface area contributed by atoms with Crippen molar-refractivity contribution in [3.05, 3.63) is 87.9 Å². The number of carbonyl (C=O) groups excluding carboxylic acids is 2. The zero-order valence-electron chi connectivity index (χ0n) is 18.3. The fraction of sp³-hybridized carbons (Fsp3) is 0.160. The lowest BCUT2D eigenvalue weighted by atomic mass is 10.2. The quantitative estimate of drug-likeness (QED) is 0.316. The number of rotatable bonds is 9. The van der Waals surface area contributed by atoms with E-state index in [0.717, 1.165) is 11.3 Å². The predicted octanol–water partition coefficient (Wildman–Crippen LogP) is 4.94. The number of aryl methyl sites for hydroxylation is 1. The van der Waals surface area contributed by atoms with E-state index in [2.05, 4.69) is 31.8 Å². The van der Waals surface area contributed by atoms with Gasteiger partial charge >= 0.3 is 0 Å². The van der Waals surface area contributed by atoms with E-state index in [4.69, 9.17) is 9.47 Å². The van der Waals surface area contributed by atoms with Crippen molar-refractivity contribution in [2.24, 2.45) is 5.10 Å². The Balaban J connectivity index is 1.67. The smallest absolute Gasteiger partial charge is 0.271 e. The molecular formula is C25H24BrN3O4. The van der Waals surface area contributed by atoms with E-state index >= 15 is 0 Å². The third-order valence-electron chi connectivity index (χ3n) is 4.51. The molecule has 2 amide bonds. The maximum Gasteiger partial charge on any atom is 0.271 e. The van der Waals surface area contributed by atoms with Crippen LogP contribution in [-0.2, 0) is 4.79 Å². The van der Waals surface area contributed by atoms with Crippen molar-refractivity contribution < 1.29 is 19.1 Å². The standard InChI is InChI=1S/C25H24BrN3O4/c1-3-32-22-14-18(15-27-29-25(31)19-10-5-4-6-11-19)13-20(26)24(22)33-16-23(30)28-21-12-8-7-9-17(21)2/h4-15H,3,16H2,1-2H3,(H,28,30)(H,29,31)/b27-15+. The van der Waals surface area contributed by atoms with E-state index < -0.39 is 0 Å².